The molecule has 0 unspecified atom stereocenters. The molecule has 7 heteroatoms. The zero-order valence-electron chi connectivity index (χ0n) is 13.9. The number of ether oxygens (including phenoxy) is 1. The van der Waals surface area contributed by atoms with Crippen molar-refractivity contribution in [3.63, 3.8) is 0 Å². The second-order valence-electron chi connectivity index (χ2n) is 5.20. The summed E-state index contributed by atoms with van der Waals surface area (Å²) < 4.78 is 5.19. The van der Waals surface area contributed by atoms with Gasteiger partial charge >= 0.3 is 0 Å². The molecular weight excluding hydrogens is 360 g/mol. The lowest BCUT2D eigenvalue weighted by Gasteiger charge is -2.13. The molecule has 0 aliphatic carbocycles. The zero-order valence-corrected chi connectivity index (χ0v) is 15.5. The fourth-order valence-electron chi connectivity index (χ4n) is 1.99. The van der Waals surface area contributed by atoms with Gasteiger partial charge in [0.05, 0.1) is 23.8 Å². The van der Waals surface area contributed by atoms with E-state index < -0.39 is 0 Å². The minimum absolute atomic E-state index is 0.160. The molecule has 0 radical (unpaired) electrons. The standard InChI is InChI=1S/C18H19ClN2O3S/c1-12(18(23)20-14-9-7-13(19)8-10-14)25-11-17(22)21-15-5-3-4-6-16(15)24-2/h3-10,12H,11H2,1-2H3,(H,20,23)(H,21,22)/t12-/m0/s1. The van der Waals surface area contributed by atoms with E-state index in [4.69, 9.17) is 16.3 Å². The van der Waals surface area contributed by atoms with Crippen molar-refractivity contribution in [2.45, 2.75) is 12.2 Å². The monoisotopic (exact) mass is 378 g/mol. The molecule has 0 heterocycles. The summed E-state index contributed by atoms with van der Waals surface area (Å²) in [6, 6.07) is 14.0. The van der Waals surface area contributed by atoms with E-state index in [0.29, 0.717) is 22.1 Å². The molecular formula is C18H19ClN2O3S. The minimum Gasteiger partial charge on any atom is -0.495 e. The topological polar surface area (TPSA) is 67.4 Å². The number of carbonyl (C=O) groups is 2. The first kappa shape index (κ1) is 19.1. The van der Waals surface area contributed by atoms with Gasteiger partial charge in [-0.1, -0.05) is 23.7 Å². The molecule has 0 saturated carbocycles. The summed E-state index contributed by atoms with van der Waals surface area (Å²) in [5.41, 5.74) is 1.27. The number of rotatable bonds is 7. The van der Waals surface area contributed by atoms with Crippen LogP contribution in [0, 0.1) is 0 Å². The van der Waals surface area contributed by atoms with E-state index in [1.807, 2.05) is 12.1 Å². The van der Waals surface area contributed by atoms with E-state index >= 15 is 0 Å². The number of halogens is 1. The Balaban J connectivity index is 1.82. The van der Waals surface area contributed by atoms with Crippen LogP contribution in [0.5, 0.6) is 5.75 Å². The van der Waals surface area contributed by atoms with Gasteiger partial charge in [0, 0.05) is 10.7 Å². The van der Waals surface area contributed by atoms with Crippen LogP contribution in [0.15, 0.2) is 48.5 Å². The molecule has 2 aromatic rings. The van der Waals surface area contributed by atoms with E-state index in [1.54, 1.807) is 50.4 Å². The van der Waals surface area contributed by atoms with E-state index in [1.165, 1.54) is 11.8 Å². The molecule has 0 spiro atoms. The Morgan fingerprint density at radius 3 is 2.48 bits per heavy atom. The molecule has 0 aliphatic rings. The molecule has 0 aromatic heterocycles. The van der Waals surface area contributed by atoms with Crippen molar-refractivity contribution >= 4 is 46.6 Å². The molecule has 0 fully saturated rings. The third kappa shape index (κ3) is 5.99. The zero-order chi connectivity index (χ0) is 18.2. The summed E-state index contributed by atoms with van der Waals surface area (Å²) in [5.74, 6) is 0.389. The molecule has 0 aliphatic heterocycles. The first-order chi connectivity index (χ1) is 12.0. The molecule has 132 valence electrons. The summed E-state index contributed by atoms with van der Waals surface area (Å²) in [5, 5.41) is 5.80. The average Bonchev–Trinajstić information content (AvgIpc) is 2.62. The Bertz CT molecular complexity index is 737. The smallest absolute Gasteiger partial charge is 0.237 e. The van der Waals surface area contributed by atoms with Crippen LogP contribution in [-0.4, -0.2) is 29.9 Å². The Kier molecular flexibility index (Phi) is 7.16. The van der Waals surface area contributed by atoms with Crippen LogP contribution < -0.4 is 15.4 Å². The van der Waals surface area contributed by atoms with Gasteiger partial charge in [0.15, 0.2) is 0 Å². The normalized spacial score (nSPS) is 11.5. The predicted octanol–water partition coefficient (Wildman–Crippen LogP) is 4.05. The number of para-hydroxylation sites is 2. The van der Waals surface area contributed by atoms with Crippen LogP contribution in [0.2, 0.25) is 5.02 Å². The first-order valence-electron chi connectivity index (χ1n) is 7.60. The maximum Gasteiger partial charge on any atom is 0.237 e. The number of hydrogen-bond acceptors (Lipinski definition) is 4. The van der Waals surface area contributed by atoms with Crippen LogP contribution in [-0.2, 0) is 9.59 Å². The van der Waals surface area contributed by atoms with Crippen molar-refractivity contribution in [1.29, 1.82) is 0 Å². The van der Waals surface area contributed by atoms with E-state index in [0.717, 1.165) is 0 Å². The number of nitrogens with one attached hydrogen (secondary N) is 2. The summed E-state index contributed by atoms with van der Waals surface area (Å²) in [6.07, 6.45) is 0. The molecule has 5 nitrogen and oxygen atoms in total. The number of amides is 2. The highest BCUT2D eigenvalue weighted by molar-refractivity contribution is 8.01. The molecule has 2 N–H and O–H groups in total. The molecule has 2 amide bonds. The van der Waals surface area contributed by atoms with Crippen LogP contribution in [0.4, 0.5) is 11.4 Å². The van der Waals surface area contributed by atoms with Crippen molar-refractivity contribution in [3.8, 4) is 5.75 Å². The van der Waals surface area contributed by atoms with Gasteiger partial charge in [0.2, 0.25) is 11.8 Å². The lowest BCUT2D eigenvalue weighted by molar-refractivity contribution is -0.115. The van der Waals surface area contributed by atoms with Crippen molar-refractivity contribution in [2.75, 3.05) is 23.5 Å². The van der Waals surface area contributed by atoms with E-state index in [9.17, 15) is 9.59 Å². The van der Waals surface area contributed by atoms with Gasteiger partial charge in [0.25, 0.3) is 0 Å². The van der Waals surface area contributed by atoms with Gasteiger partial charge in [-0.3, -0.25) is 9.59 Å². The second kappa shape index (κ2) is 9.34. The van der Waals surface area contributed by atoms with Gasteiger partial charge in [-0.25, -0.2) is 0 Å². The number of thioether (sulfide) groups is 1. The van der Waals surface area contributed by atoms with Crippen LogP contribution in [0.1, 0.15) is 6.92 Å². The highest BCUT2D eigenvalue weighted by Gasteiger charge is 2.16. The number of benzene rings is 2. The van der Waals surface area contributed by atoms with Crippen molar-refractivity contribution in [2.24, 2.45) is 0 Å². The summed E-state index contributed by atoms with van der Waals surface area (Å²) in [6.45, 7) is 1.76. The Morgan fingerprint density at radius 1 is 1.12 bits per heavy atom. The van der Waals surface area contributed by atoms with Crippen molar-refractivity contribution in [3.05, 3.63) is 53.6 Å². The summed E-state index contributed by atoms with van der Waals surface area (Å²) in [7, 11) is 1.54. The van der Waals surface area contributed by atoms with Crippen molar-refractivity contribution < 1.29 is 14.3 Å². The highest BCUT2D eigenvalue weighted by Crippen LogP contribution is 2.23. The average molecular weight is 379 g/mol. The van der Waals surface area contributed by atoms with Gasteiger partial charge in [-0.05, 0) is 43.3 Å². The molecule has 1 atom stereocenters. The minimum atomic E-state index is -0.376. The van der Waals surface area contributed by atoms with Crippen LogP contribution >= 0.6 is 23.4 Å². The van der Waals surface area contributed by atoms with Crippen molar-refractivity contribution in [1.82, 2.24) is 0 Å². The quantitative estimate of drug-likeness (QED) is 0.762. The van der Waals surface area contributed by atoms with Gasteiger partial charge in [-0.2, -0.15) is 0 Å². The van der Waals surface area contributed by atoms with Gasteiger partial charge < -0.3 is 15.4 Å². The van der Waals surface area contributed by atoms with E-state index in [2.05, 4.69) is 10.6 Å². The Labute approximate surface area is 156 Å². The maximum absolute atomic E-state index is 12.2. The summed E-state index contributed by atoms with van der Waals surface area (Å²) in [4.78, 5) is 24.2. The fraction of sp³-hybridized carbons (Fsp3) is 0.222. The third-order valence-corrected chi connectivity index (χ3v) is 4.72. The lowest BCUT2D eigenvalue weighted by Crippen LogP contribution is -2.25. The SMILES string of the molecule is COc1ccccc1NC(=O)CS[C@@H](C)C(=O)Nc1ccc(Cl)cc1. The molecule has 0 bridgehead atoms. The van der Waals surface area contributed by atoms with Gasteiger partial charge in [0.1, 0.15) is 5.75 Å². The van der Waals surface area contributed by atoms with Crippen LogP contribution in [0.3, 0.4) is 0 Å². The maximum atomic E-state index is 12.2. The second-order valence-corrected chi connectivity index (χ2v) is 6.96. The molecule has 2 rings (SSSR count). The number of methoxy groups -OCH3 is 1. The number of hydrogen-bond donors (Lipinski definition) is 2. The van der Waals surface area contributed by atoms with Gasteiger partial charge in [-0.15, -0.1) is 11.8 Å². The largest absolute Gasteiger partial charge is 0.495 e. The third-order valence-electron chi connectivity index (χ3n) is 3.33. The molecule has 2 aromatic carbocycles. The molecule has 0 saturated heterocycles. The number of anilines is 2. The highest BCUT2D eigenvalue weighted by atomic mass is 35.5. The fourth-order valence-corrected chi connectivity index (χ4v) is 2.80. The number of carbonyl (C=O) groups excluding carboxylic acids is 2. The van der Waals surface area contributed by atoms with E-state index in [-0.39, 0.29) is 22.8 Å². The van der Waals surface area contributed by atoms with Crippen LogP contribution in [0.25, 0.3) is 0 Å². The first-order valence-corrected chi connectivity index (χ1v) is 9.03. The molecule has 25 heavy (non-hydrogen) atoms. The lowest BCUT2D eigenvalue weighted by atomic mass is 10.3. The Hall–Kier alpha value is -2.18. The summed E-state index contributed by atoms with van der Waals surface area (Å²) >= 11 is 7.07. The predicted molar refractivity (Wildman–Crippen MR) is 104 cm³/mol. The Morgan fingerprint density at radius 2 is 1.80 bits per heavy atom.